The molecule has 104 valence electrons. The number of piperidine rings is 1. The minimum atomic E-state index is -0.733. The van der Waals surface area contributed by atoms with Gasteiger partial charge < -0.3 is 10.4 Å². The van der Waals surface area contributed by atoms with Gasteiger partial charge in [0.05, 0.1) is 0 Å². The second-order valence-electron chi connectivity index (χ2n) is 5.39. The predicted molar refractivity (Wildman–Crippen MR) is 70.8 cm³/mol. The quantitative estimate of drug-likeness (QED) is 0.736. The summed E-state index contributed by atoms with van der Waals surface area (Å²) >= 11 is 0. The number of carboxylic acids is 1. The smallest absolute Gasteiger partial charge is 0.322 e. The first-order valence-corrected chi connectivity index (χ1v) is 7.13. The second-order valence-corrected chi connectivity index (χ2v) is 5.39. The molecule has 0 bridgehead atoms. The lowest BCUT2D eigenvalue weighted by atomic mass is 9.99. The van der Waals surface area contributed by atoms with Crippen LogP contribution in [0, 0.1) is 0 Å². The summed E-state index contributed by atoms with van der Waals surface area (Å²) in [5, 5.41) is 12.2. The van der Waals surface area contributed by atoms with Crippen LogP contribution in [0.15, 0.2) is 0 Å². The lowest BCUT2D eigenvalue weighted by Crippen LogP contribution is -2.57. The molecule has 5 nitrogen and oxygen atoms in total. The molecule has 0 aromatic carbocycles. The van der Waals surface area contributed by atoms with E-state index >= 15 is 0 Å². The lowest BCUT2D eigenvalue weighted by molar-refractivity contribution is -0.140. The summed E-state index contributed by atoms with van der Waals surface area (Å²) in [4.78, 5) is 16.0. The zero-order valence-electron chi connectivity index (χ0n) is 11.3. The normalized spacial score (nSPS) is 27.7. The van der Waals surface area contributed by atoms with E-state index < -0.39 is 12.0 Å². The Balaban J connectivity index is 1.84. The first-order chi connectivity index (χ1) is 8.70. The van der Waals surface area contributed by atoms with Gasteiger partial charge in [-0.05, 0) is 25.9 Å². The third-order valence-corrected chi connectivity index (χ3v) is 4.11. The molecule has 5 heteroatoms. The van der Waals surface area contributed by atoms with Crippen molar-refractivity contribution in [2.24, 2.45) is 0 Å². The van der Waals surface area contributed by atoms with Gasteiger partial charge in [-0.15, -0.1) is 0 Å². The highest BCUT2D eigenvalue weighted by atomic mass is 16.4. The molecule has 0 aromatic rings. The van der Waals surface area contributed by atoms with E-state index in [1.165, 1.54) is 25.8 Å². The van der Waals surface area contributed by atoms with Gasteiger partial charge in [0.1, 0.15) is 6.04 Å². The van der Waals surface area contributed by atoms with Crippen molar-refractivity contribution in [1.82, 2.24) is 15.1 Å². The molecule has 2 atom stereocenters. The summed E-state index contributed by atoms with van der Waals surface area (Å²) in [6.07, 6.45) is 3.92. The monoisotopic (exact) mass is 255 g/mol. The number of nitrogens with one attached hydrogen (secondary N) is 1. The van der Waals surface area contributed by atoms with Crippen LogP contribution in [0.3, 0.4) is 0 Å². The average molecular weight is 255 g/mol. The SMILES string of the molecule is CCNC(CN1CCN2CCCCC2C1)C(=O)O. The minimum absolute atomic E-state index is 0.426. The van der Waals surface area contributed by atoms with Gasteiger partial charge in [0.2, 0.25) is 0 Å². The topological polar surface area (TPSA) is 55.8 Å². The number of rotatable bonds is 5. The fourth-order valence-electron chi connectivity index (χ4n) is 3.12. The molecule has 0 radical (unpaired) electrons. The van der Waals surface area contributed by atoms with Crippen molar-refractivity contribution in [3.05, 3.63) is 0 Å². The minimum Gasteiger partial charge on any atom is -0.480 e. The van der Waals surface area contributed by atoms with E-state index in [0.717, 1.165) is 19.6 Å². The largest absolute Gasteiger partial charge is 0.480 e. The summed E-state index contributed by atoms with van der Waals surface area (Å²) in [5.74, 6) is -0.733. The number of hydrogen-bond acceptors (Lipinski definition) is 4. The van der Waals surface area contributed by atoms with Gasteiger partial charge >= 0.3 is 5.97 Å². The third-order valence-electron chi connectivity index (χ3n) is 4.11. The number of hydrogen-bond donors (Lipinski definition) is 2. The van der Waals surface area contributed by atoms with Crippen molar-refractivity contribution in [2.45, 2.75) is 38.3 Å². The van der Waals surface area contributed by atoms with Gasteiger partial charge in [0.25, 0.3) is 0 Å². The molecule has 0 aromatic heterocycles. The Hall–Kier alpha value is -0.650. The molecule has 2 heterocycles. The van der Waals surface area contributed by atoms with E-state index in [2.05, 4.69) is 15.1 Å². The molecular weight excluding hydrogens is 230 g/mol. The Morgan fingerprint density at radius 2 is 2.22 bits per heavy atom. The van der Waals surface area contributed by atoms with Crippen LogP contribution in [0.2, 0.25) is 0 Å². The fourth-order valence-corrected chi connectivity index (χ4v) is 3.12. The summed E-state index contributed by atoms with van der Waals surface area (Å²) in [5.41, 5.74) is 0. The van der Waals surface area contributed by atoms with Crippen molar-refractivity contribution in [3.8, 4) is 0 Å². The lowest BCUT2D eigenvalue weighted by Gasteiger charge is -2.44. The average Bonchev–Trinajstić information content (AvgIpc) is 2.38. The molecule has 2 aliphatic heterocycles. The molecule has 2 aliphatic rings. The van der Waals surface area contributed by atoms with E-state index in [1.54, 1.807) is 0 Å². The summed E-state index contributed by atoms with van der Waals surface area (Å²) in [6, 6.07) is 0.230. The number of carbonyl (C=O) groups is 1. The van der Waals surface area contributed by atoms with Crippen molar-refractivity contribution in [3.63, 3.8) is 0 Å². The van der Waals surface area contributed by atoms with Gasteiger partial charge in [-0.25, -0.2) is 0 Å². The van der Waals surface area contributed by atoms with E-state index in [9.17, 15) is 4.79 Å². The van der Waals surface area contributed by atoms with Gasteiger partial charge in [0, 0.05) is 32.2 Å². The first-order valence-electron chi connectivity index (χ1n) is 7.13. The van der Waals surface area contributed by atoms with Crippen molar-refractivity contribution in [2.75, 3.05) is 39.3 Å². The first kappa shape index (κ1) is 13.8. The number of piperazine rings is 1. The molecule has 0 spiro atoms. The molecule has 0 amide bonds. The van der Waals surface area contributed by atoms with Gasteiger partial charge in [-0.3, -0.25) is 14.6 Å². The molecule has 2 rings (SSSR count). The van der Waals surface area contributed by atoms with E-state index in [0.29, 0.717) is 19.1 Å². The van der Waals surface area contributed by atoms with Crippen LogP contribution < -0.4 is 5.32 Å². The van der Waals surface area contributed by atoms with Crippen LogP contribution in [-0.4, -0.2) is 72.2 Å². The molecule has 0 aliphatic carbocycles. The van der Waals surface area contributed by atoms with Gasteiger partial charge in [-0.2, -0.15) is 0 Å². The van der Waals surface area contributed by atoms with E-state index in [4.69, 9.17) is 5.11 Å². The summed E-state index contributed by atoms with van der Waals surface area (Å²) in [7, 11) is 0. The van der Waals surface area contributed by atoms with Crippen LogP contribution in [0.4, 0.5) is 0 Å². The predicted octanol–water partition coefficient (Wildman–Crippen LogP) is 0.219. The van der Waals surface area contributed by atoms with Crippen molar-refractivity contribution in [1.29, 1.82) is 0 Å². The summed E-state index contributed by atoms with van der Waals surface area (Å²) < 4.78 is 0. The standard InChI is InChI=1S/C13H25N3O2/c1-2-14-12(13(17)18)10-15-7-8-16-6-4-3-5-11(16)9-15/h11-12,14H,2-10H2,1H3,(H,17,18). The van der Waals surface area contributed by atoms with Crippen LogP contribution >= 0.6 is 0 Å². The van der Waals surface area contributed by atoms with E-state index in [-0.39, 0.29) is 0 Å². The van der Waals surface area contributed by atoms with Gasteiger partial charge in [-0.1, -0.05) is 13.3 Å². The van der Waals surface area contributed by atoms with Crippen LogP contribution in [0.5, 0.6) is 0 Å². The maximum atomic E-state index is 11.1. The molecule has 2 saturated heterocycles. The molecule has 18 heavy (non-hydrogen) atoms. The number of likely N-dealkylation sites (N-methyl/N-ethyl adjacent to an activating group) is 1. The van der Waals surface area contributed by atoms with Crippen LogP contribution in [0.1, 0.15) is 26.2 Å². The summed E-state index contributed by atoms with van der Waals surface area (Å²) in [6.45, 7) is 7.67. The van der Waals surface area contributed by atoms with Crippen molar-refractivity contribution >= 4 is 5.97 Å². The molecular formula is C13H25N3O2. The molecule has 2 N–H and O–H groups in total. The number of fused-ring (bicyclic) bond motifs is 1. The maximum absolute atomic E-state index is 11.1. The number of nitrogens with zero attached hydrogens (tertiary/aromatic N) is 2. The highest BCUT2D eigenvalue weighted by Gasteiger charge is 2.30. The third kappa shape index (κ3) is 3.43. The zero-order valence-corrected chi connectivity index (χ0v) is 11.3. The zero-order chi connectivity index (χ0) is 13.0. The highest BCUT2D eigenvalue weighted by molar-refractivity contribution is 5.73. The maximum Gasteiger partial charge on any atom is 0.322 e. The number of aliphatic carboxylic acids is 1. The van der Waals surface area contributed by atoms with Crippen molar-refractivity contribution < 1.29 is 9.90 Å². The Morgan fingerprint density at radius 1 is 1.39 bits per heavy atom. The second kappa shape index (κ2) is 6.50. The van der Waals surface area contributed by atoms with Gasteiger partial charge in [0.15, 0.2) is 0 Å². The Morgan fingerprint density at radius 3 is 2.94 bits per heavy atom. The highest BCUT2D eigenvalue weighted by Crippen LogP contribution is 2.21. The molecule has 2 fully saturated rings. The number of carboxylic acid groups (broad SMARTS) is 1. The molecule has 0 saturated carbocycles. The van der Waals surface area contributed by atoms with Crippen LogP contribution in [-0.2, 0) is 4.79 Å². The Kier molecular flexibility index (Phi) is 4.97. The Labute approximate surface area is 109 Å². The molecule has 2 unspecified atom stereocenters. The van der Waals surface area contributed by atoms with Crippen LogP contribution in [0.25, 0.3) is 0 Å². The fraction of sp³-hybridized carbons (Fsp3) is 0.923. The van der Waals surface area contributed by atoms with E-state index in [1.807, 2.05) is 6.92 Å². The Bertz CT molecular complexity index is 285.